The van der Waals surface area contributed by atoms with E-state index in [0.717, 1.165) is 68.5 Å². The number of aryl methyl sites for hydroxylation is 1. The largest absolute Gasteiger partial charge is 0.469 e. The zero-order valence-corrected chi connectivity index (χ0v) is 17.9. The van der Waals surface area contributed by atoms with Gasteiger partial charge in [-0.1, -0.05) is 0 Å². The van der Waals surface area contributed by atoms with Crippen LogP contribution < -0.4 is 15.5 Å². The standard InChI is InChI=1S/C21H31N5O2.2H2O/c1-3-27-14-12-24-10-6-18(7-11-24)26-19-5-4-9-23-20(19)25(21(26)22)15-17-8-13-28-16(17)2;;/h4-5,8-9,13,18,21H,3,6-7,10-12,14-15,22H2,1-2H3;2*1H2. The van der Waals surface area contributed by atoms with E-state index in [-0.39, 0.29) is 17.2 Å². The lowest BCUT2D eigenvalue weighted by Crippen LogP contribution is -2.56. The molecule has 1 atom stereocenters. The van der Waals surface area contributed by atoms with Gasteiger partial charge in [-0.3, -0.25) is 5.73 Å². The van der Waals surface area contributed by atoms with E-state index < -0.39 is 0 Å². The van der Waals surface area contributed by atoms with Crippen molar-refractivity contribution >= 4 is 11.5 Å². The zero-order valence-electron chi connectivity index (χ0n) is 17.9. The molecule has 0 bridgehead atoms. The average Bonchev–Trinajstić information content (AvgIpc) is 3.24. The summed E-state index contributed by atoms with van der Waals surface area (Å²) in [6, 6.07) is 6.59. The number of nitrogens with zero attached hydrogens (tertiary/aromatic N) is 4. The molecular formula is C21H35N5O4. The summed E-state index contributed by atoms with van der Waals surface area (Å²) in [6.45, 7) is 9.52. The van der Waals surface area contributed by atoms with Crippen molar-refractivity contribution in [2.45, 2.75) is 45.6 Å². The normalized spacial score (nSPS) is 19.4. The lowest BCUT2D eigenvalue weighted by Gasteiger charge is -2.40. The first-order chi connectivity index (χ1) is 13.7. The minimum absolute atomic E-state index is 0. The number of furan rings is 1. The first-order valence-electron chi connectivity index (χ1n) is 10.3. The number of piperidine rings is 1. The molecular weight excluding hydrogens is 386 g/mol. The van der Waals surface area contributed by atoms with Crippen molar-refractivity contribution in [1.82, 2.24) is 9.88 Å². The Morgan fingerprint density at radius 3 is 2.67 bits per heavy atom. The van der Waals surface area contributed by atoms with E-state index >= 15 is 0 Å². The molecule has 6 N–H and O–H groups in total. The highest BCUT2D eigenvalue weighted by molar-refractivity contribution is 5.74. The van der Waals surface area contributed by atoms with Crippen LogP contribution in [0.1, 0.15) is 31.1 Å². The van der Waals surface area contributed by atoms with Crippen LogP contribution in [0.25, 0.3) is 0 Å². The summed E-state index contributed by atoms with van der Waals surface area (Å²) in [5, 5.41) is 0. The Morgan fingerprint density at radius 1 is 1.23 bits per heavy atom. The van der Waals surface area contributed by atoms with Crippen LogP contribution in [0.15, 0.2) is 35.1 Å². The third-order valence-electron chi connectivity index (χ3n) is 5.93. The van der Waals surface area contributed by atoms with Gasteiger partial charge in [0.25, 0.3) is 0 Å². The molecule has 0 spiro atoms. The maximum atomic E-state index is 6.75. The van der Waals surface area contributed by atoms with E-state index in [4.69, 9.17) is 14.9 Å². The van der Waals surface area contributed by atoms with Crippen LogP contribution in [0.3, 0.4) is 0 Å². The molecule has 4 heterocycles. The van der Waals surface area contributed by atoms with Gasteiger partial charge in [0.1, 0.15) is 5.76 Å². The van der Waals surface area contributed by atoms with Crippen LogP contribution in [0, 0.1) is 6.92 Å². The van der Waals surface area contributed by atoms with Gasteiger partial charge < -0.3 is 34.8 Å². The number of rotatable bonds is 7. The number of aromatic nitrogens is 1. The summed E-state index contributed by atoms with van der Waals surface area (Å²) in [5.74, 6) is 1.90. The Balaban J connectivity index is 0.00000160. The fourth-order valence-corrected chi connectivity index (χ4v) is 4.33. The van der Waals surface area contributed by atoms with E-state index in [1.165, 1.54) is 0 Å². The number of likely N-dealkylation sites (tertiary alicyclic amines) is 1. The van der Waals surface area contributed by atoms with E-state index in [2.05, 4.69) is 25.8 Å². The third-order valence-corrected chi connectivity index (χ3v) is 5.93. The molecule has 1 fully saturated rings. The predicted molar refractivity (Wildman–Crippen MR) is 118 cm³/mol. The lowest BCUT2D eigenvalue weighted by atomic mass is 10.0. The molecule has 2 aliphatic heterocycles. The number of nitrogens with two attached hydrogens (primary N) is 1. The quantitative estimate of drug-likeness (QED) is 0.656. The summed E-state index contributed by atoms with van der Waals surface area (Å²) in [7, 11) is 0. The van der Waals surface area contributed by atoms with Gasteiger partial charge in [0.05, 0.1) is 25.1 Å². The maximum Gasteiger partial charge on any atom is 0.157 e. The van der Waals surface area contributed by atoms with Crippen LogP contribution in [0.4, 0.5) is 11.5 Å². The summed E-state index contributed by atoms with van der Waals surface area (Å²) in [6.07, 6.45) is 5.58. The number of hydrogen-bond acceptors (Lipinski definition) is 7. The molecule has 0 amide bonds. The van der Waals surface area contributed by atoms with Gasteiger partial charge in [-0.25, -0.2) is 4.98 Å². The molecule has 30 heavy (non-hydrogen) atoms. The Kier molecular flexibility index (Phi) is 8.63. The fraction of sp³-hybridized carbons (Fsp3) is 0.571. The third kappa shape index (κ3) is 4.76. The second kappa shape index (κ2) is 10.7. The van der Waals surface area contributed by atoms with Crippen molar-refractivity contribution in [3.8, 4) is 0 Å². The maximum absolute atomic E-state index is 6.75. The van der Waals surface area contributed by atoms with E-state index in [1.54, 1.807) is 6.26 Å². The molecule has 1 unspecified atom stereocenters. The number of hydrogen-bond donors (Lipinski definition) is 1. The Hall–Kier alpha value is -2.17. The molecule has 2 aromatic heterocycles. The summed E-state index contributed by atoms with van der Waals surface area (Å²) >= 11 is 0. The molecule has 168 valence electrons. The van der Waals surface area contributed by atoms with E-state index in [0.29, 0.717) is 12.6 Å². The molecule has 4 rings (SSSR count). The zero-order chi connectivity index (χ0) is 19.5. The van der Waals surface area contributed by atoms with Crippen LogP contribution in [0.2, 0.25) is 0 Å². The van der Waals surface area contributed by atoms with Gasteiger partial charge >= 0.3 is 0 Å². The fourth-order valence-electron chi connectivity index (χ4n) is 4.33. The van der Waals surface area contributed by atoms with Gasteiger partial charge in [-0.2, -0.15) is 0 Å². The monoisotopic (exact) mass is 421 g/mol. The second-order valence-corrected chi connectivity index (χ2v) is 7.57. The summed E-state index contributed by atoms with van der Waals surface area (Å²) in [4.78, 5) is 11.7. The highest BCUT2D eigenvalue weighted by Gasteiger charge is 2.39. The predicted octanol–water partition coefficient (Wildman–Crippen LogP) is 0.903. The molecule has 1 saturated heterocycles. The van der Waals surface area contributed by atoms with Crippen molar-refractivity contribution in [3.05, 3.63) is 42.0 Å². The lowest BCUT2D eigenvalue weighted by molar-refractivity contribution is 0.101. The minimum atomic E-state index is -0.209. The van der Waals surface area contributed by atoms with Crippen LogP contribution in [0.5, 0.6) is 0 Å². The van der Waals surface area contributed by atoms with E-state index in [9.17, 15) is 0 Å². The SMILES string of the molecule is CCOCCN1CCC(N2c3cccnc3N(Cc3ccoc3C)C2N)CC1.O.O. The highest BCUT2D eigenvalue weighted by Crippen LogP contribution is 2.40. The van der Waals surface area contributed by atoms with Gasteiger partial charge in [-0.15, -0.1) is 0 Å². The van der Waals surface area contributed by atoms with Crippen molar-refractivity contribution in [2.75, 3.05) is 42.6 Å². The van der Waals surface area contributed by atoms with E-state index in [1.807, 2.05) is 32.2 Å². The van der Waals surface area contributed by atoms with Crippen molar-refractivity contribution in [1.29, 1.82) is 0 Å². The average molecular weight is 422 g/mol. The molecule has 0 aliphatic carbocycles. The molecule has 0 radical (unpaired) electrons. The van der Waals surface area contributed by atoms with Crippen LogP contribution in [-0.2, 0) is 11.3 Å². The van der Waals surface area contributed by atoms with Crippen LogP contribution in [-0.4, -0.2) is 66.0 Å². The number of fused-ring (bicyclic) bond motifs is 1. The van der Waals surface area contributed by atoms with Crippen molar-refractivity contribution in [2.24, 2.45) is 5.73 Å². The number of pyridine rings is 1. The second-order valence-electron chi connectivity index (χ2n) is 7.57. The van der Waals surface area contributed by atoms with Gasteiger partial charge in [0.15, 0.2) is 12.1 Å². The summed E-state index contributed by atoms with van der Waals surface area (Å²) < 4.78 is 11.0. The summed E-state index contributed by atoms with van der Waals surface area (Å²) in [5.41, 5.74) is 9.05. The first kappa shape index (κ1) is 24.1. The Morgan fingerprint density at radius 2 is 2.00 bits per heavy atom. The molecule has 0 aromatic carbocycles. The van der Waals surface area contributed by atoms with Crippen molar-refractivity contribution in [3.63, 3.8) is 0 Å². The topological polar surface area (TPSA) is 134 Å². The van der Waals surface area contributed by atoms with Gasteiger partial charge in [0, 0.05) is 44.0 Å². The molecule has 2 aliphatic rings. The highest BCUT2D eigenvalue weighted by atomic mass is 16.5. The minimum Gasteiger partial charge on any atom is -0.469 e. The number of anilines is 2. The smallest absolute Gasteiger partial charge is 0.157 e. The first-order valence-corrected chi connectivity index (χ1v) is 10.3. The molecule has 2 aromatic rings. The number of ether oxygens (including phenoxy) is 1. The Labute approximate surface area is 178 Å². The van der Waals surface area contributed by atoms with Crippen LogP contribution >= 0.6 is 0 Å². The molecule has 9 heteroatoms. The van der Waals surface area contributed by atoms with Gasteiger partial charge in [0.2, 0.25) is 0 Å². The van der Waals surface area contributed by atoms with Crippen molar-refractivity contribution < 1.29 is 20.1 Å². The van der Waals surface area contributed by atoms with Gasteiger partial charge in [-0.05, 0) is 44.9 Å². The Bertz CT molecular complexity index is 778. The molecule has 9 nitrogen and oxygen atoms in total. The molecule has 0 saturated carbocycles.